The van der Waals surface area contributed by atoms with Crippen LogP contribution < -0.4 is 10.6 Å². The first-order valence-electron chi connectivity index (χ1n) is 6.46. The molecule has 20 heavy (non-hydrogen) atoms. The van der Waals surface area contributed by atoms with Crippen LogP contribution in [-0.4, -0.2) is 35.4 Å². The van der Waals surface area contributed by atoms with E-state index in [-0.39, 0.29) is 0 Å². The second-order valence-electron chi connectivity index (χ2n) is 4.48. The van der Waals surface area contributed by atoms with Crippen molar-refractivity contribution in [3.8, 4) is 0 Å². The summed E-state index contributed by atoms with van der Waals surface area (Å²) in [6.07, 6.45) is 1.59. The Kier molecular flexibility index (Phi) is 4.84. The van der Waals surface area contributed by atoms with Crippen LogP contribution in [0.5, 0.6) is 0 Å². The zero-order chi connectivity index (χ0) is 14.4. The van der Waals surface area contributed by atoms with Crippen molar-refractivity contribution in [2.75, 3.05) is 30.9 Å². The van der Waals surface area contributed by atoms with E-state index >= 15 is 0 Å². The number of hydrogen-bond donors (Lipinski definition) is 2. The van der Waals surface area contributed by atoms with Gasteiger partial charge in [-0.05, 0) is 25.0 Å². The zero-order valence-corrected chi connectivity index (χ0v) is 12.0. The summed E-state index contributed by atoms with van der Waals surface area (Å²) >= 11 is 0. The van der Waals surface area contributed by atoms with Gasteiger partial charge in [0.2, 0.25) is 5.95 Å². The maximum absolute atomic E-state index is 4.98. The number of para-hydroxylation sites is 1. The molecule has 0 saturated carbocycles. The molecule has 2 N–H and O–H groups in total. The van der Waals surface area contributed by atoms with E-state index in [9.17, 15) is 0 Å². The van der Waals surface area contributed by atoms with Crippen LogP contribution in [0, 0.1) is 13.8 Å². The summed E-state index contributed by atoms with van der Waals surface area (Å²) in [5, 5.41) is 14.3. The normalized spacial score (nSPS) is 10.3. The summed E-state index contributed by atoms with van der Waals surface area (Å²) in [4.78, 5) is 4.37. The molecule has 1 heterocycles. The number of ether oxygens (including phenoxy) is 1. The number of nitrogens with one attached hydrogen (secondary N) is 2. The predicted octanol–water partition coefficient (Wildman–Crippen LogP) is 2.29. The monoisotopic (exact) mass is 273 g/mol. The van der Waals surface area contributed by atoms with Gasteiger partial charge in [0.05, 0.1) is 12.8 Å². The van der Waals surface area contributed by atoms with Crippen molar-refractivity contribution in [2.24, 2.45) is 0 Å². The standard InChI is InChI=1S/C14H19N5O/c1-10-5-4-6-11(2)13(10)18-14-17-12(9-16-19-14)15-7-8-20-3/h4-6,9H,7-8H2,1-3H3,(H2,15,17,18,19). The quantitative estimate of drug-likeness (QED) is 0.787. The van der Waals surface area contributed by atoms with Crippen molar-refractivity contribution < 1.29 is 4.74 Å². The molecular weight excluding hydrogens is 254 g/mol. The second-order valence-corrected chi connectivity index (χ2v) is 4.48. The second kappa shape index (κ2) is 6.81. The van der Waals surface area contributed by atoms with Gasteiger partial charge >= 0.3 is 0 Å². The van der Waals surface area contributed by atoms with Gasteiger partial charge in [-0.1, -0.05) is 18.2 Å². The highest BCUT2D eigenvalue weighted by molar-refractivity contribution is 5.62. The van der Waals surface area contributed by atoms with E-state index in [1.807, 2.05) is 32.0 Å². The molecule has 0 unspecified atom stereocenters. The molecule has 0 amide bonds. The molecular formula is C14H19N5O. The van der Waals surface area contributed by atoms with E-state index < -0.39 is 0 Å². The highest BCUT2D eigenvalue weighted by Gasteiger charge is 2.05. The fraction of sp³-hybridized carbons (Fsp3) is 0.357. The fourth-order valence-electron chi connectivity index (χ4n) is 1.85. The van der Waals surface area contributed by atoms with Crippen molar-refractivity contribution in [3.63, 3.8) is 0 Å². The molecule has 0 aliphatic carbocycles. The molecule has 0 fully saturated rings. The van der Waals surface area contributed by atoms with Crippen LogP contribution >= 0.6 is 0 Å². The lowest BCUT2D eigenvalue weighted by Gasteiger charge is -2.11. The minimum Gasteiger partial charge on any atom is -0.383 e. The van der Waals surface area contributed by atoms with Gasteiger partial charge in [0, 0.05) is 19.3 Å². The number of aromatic nitrogens is 3. The summed E-state index contributed by atoms with van der Waals surface area (Å²) < 4.78 is 4.98. The number of methoxy groups -OCH3 is 1. The van der Waals surface area contributed by atoms with E-state index in [0.29, 0.717) is 24.9 Å². The SMILES string of the molecule is COCCNc1cnnc(Nc2c(C)cccc2C)n1. The van der Waals surface area contributed by atoms with Crippen LogP contribution in [0.25, 0.3) is 0 Å². The first-order valence-corrected chi connectivity index (χ1v) is 6.46. The Bertz CT molecular complexity index is 553. The number of rotatable bonds is 6. The maximum atomic E-state index is 4.98. The van der Waals surface area contributed by atoms with E-state index in [0.717, 1.165) is 16.8 Å². The highest BCUT2D eigenvalue weighted by atomic mass is 16.5. The molecule has 0 bridgehead atoms. The summed E-state index contributed by atoms with van der Waals surface area (Å²) in [5.74, 6) is 1.15. The highest BCUT2D eigenvalue weighted by Crippen LogP contribution is 2.22. The Labute approximate surface area is 118 Å². The Hall–Kier alpha value is -2.21. The van der Waals surface area contributed by atoms with Gasteiger partial charge in [0.25, 0.3) is 0 Å². The minimum atomic E-state index is 0.477. The van der Waals surface area contributed by atoms with Crippen LogP contribution in [0.3, 0.4) is 0 Å². The number of nitrogens with zero attached hydrogens (tertiary/aromatic N) is 3. The maximum Gasteiger partial charge on any atom is 0.249 e. The van der Waals surface area contributed by atoms with Crippen molar-refractivity contribution in [3.05, 3.63) is 35.5 Å². The summed E-state index contributed by atoms with van der Waals surface area (Å²) in [5.41, 5.74) is 3.31. The summed E-state index contributed by atoms with van der Waals surface area (Å²) in [7, 11) is 1.66. The molecule has 0 aliphatic heterocycles. The molecule has 0 saturated heterocycles. The fourth-order valence-corrected chi connectivity index (χ4v) is 1.85. The molecule has 2 rings (SSSR count). The third-order valence-corrected chi connectivity index (χ3v) is 2.89. The zero-order valence-electron chi connectivity index (χ0n) is 12.0. The molecule has 2 aromatic rings. The predicted molar refractivity (Wildman–Crippen MR) is 79.4 cm³/mol. The van der Waals surface area contributed by atoms with Crippen molar-refractivity contribution >= 4 is 17.5 Å². The van der Waals surface area contributed by atoms with Crippen LogP contribution in [0.4, 0.5) is 17.5 Å². The molecule has 0 aliphatic rings. The average Bonchev–Trinajstić information content (AvgIpc) is 2.44. The van der Waals surface area contributed by atoms with Crippen molar-refractivity contribution in [1.29, 1.82) is 0 Å². The van der Waals surface area contributed by atoms with Gasteiger partial charge in [0.15, 0.2) is 5.82 Å². The number of anilines is 3. The van der Waals surface area contributed by atoms with E-state index in [1.165, 1.54) is 0 Å². The minimum absolute atomic E-state index is 0.477. The lowest BCUT2D eigenvalue weighted by atomic mass is 10.1. The van der Waals surface area contributed by atoms with Gasteiger partial charge in [-0.15, -0.1) is 5.10 Å². The summed E-state index contributed by atoms with van der Waals surface area (Å²) in [6.45, 7) is 5.38. The van der Waals surface area contributed by atoms with Crippen molar-refractivity contribution in [2.45, 2.75) is 13.8 Å². The smallest absolute Gasteiger partial charge is 0.249 e. The molecule has 1 aromatic heterocycles. The van der Waals surface area contributed by atoms with Gasteiger partial charge in [-0.2, -0.15) is 10.1 Å². The molecule has 1 aromatic carbocycles. The molecule has 6 heteroatoms. The third kappa shape index (κ3) is 3.64. The topological polar surface area (TPSA) is 72.0 Å². The Balaban J connectivity index is 2.11. The Morgan fingerprint density at radius 3 is 2.65 bits per heavy atom. The average molecular weight is 273 g/mol. The van der Waals surface area contributed by atoms with Gasteiger partial charge in [0.1, 0.15) is 0 Å². The van der Waals surface area contributed by atoms with E-state index in [2.05, 4.69) is 25.8 Å². The van der Waals surface area contributed by atoms with Crippen LogP contribution in [0.1, 0.15) is 11.1 Å². The van der Waals surface area contributed by atoms with Gasteiger partial charge in [-0.25, -0.2) is 0 Å². The first kappa shape index (κ1) is 14.2. The number of hydrogen-bond acceptors (Lipinski definition) is 6. The molecule has 0 atom stereocenters. The number of aryl methyl sites for hydroxylation is 2. The van der Waals surface area contributed by atoms with E-state index in [1.54, 1.807) is 13.3 Å². The molecule has 0 radical (unpaired) electrons. The first-order chi connectivity index (χ1) is 9.70. The van der Waals surface area contributed by atoms with Gasteiger partial charge in [-0.3, -0.25) is 0 Å². The van der Waals surface area contributed by atoms with Crippen molar-refractivity contribution in [1.82, 2.24) is 15.2 Å². The van der Waals surface area contributed by atoms with Crippen LogP contribution in [0.2, 0.25) is 0 Å². The van der Waals surface area contributed by atoms with E-state index in [4.69, 9.17) is 4.74 Å². The third-order valence-electron chi connectivity index (χ3n) is 2.89. The molecule has 106 valence electrons. The lowest BCUT2D eigenvalue weighted by Crippen LogP contribution is -2.10. The number of benzene rings is 1. The Morgan fingerprint density at radius 2 is 1.95 bits per heavy atom. The van der Waals surface area contributed by atoms with Crippen LogP contribution in [0.15, 0.2) is 24.4 Å². The lowest BCUT2D eigenvalue weighted by molar-refractivity contribution is 0.210. The molecule has 6 nitrogen and oxygen atoms in total. The summed E-state index contributed by atoms with van der Waals surface area (Å²) in [6, 6.07) is 6.12. The Morgan fingerprint density at radius 1 is 1.20 bits per heavy atom. The van der Waals surface area contributed by atoms with Crippen LogP contribution in [-0.2, 0) is 4.74 Å². The molecule has 0 spiro atoms. The van der Waals surface area contributed by atoms with Gasteiger partial charge < -0.3 is 15.4 Å². The largest absolute Gasteiger partial charge is 0.383 e.